The topological polar surface area (TPSA) is 79.7 Å². The van der Waals surface area contributed by atoms with Crippen LogP contribution in [-0.2, 0) is 4.74 Å². The lowest BCUT2D eigenvalue weighted by atomic mass is 9.69. The van der Waals surface area contributed by atoms with Gasteiger partial charge >= 0.3 is 5.97 Å². The molecule has 1 aliphatic carbocycles. The minimum absolute atomic E-state index is 0.136. The van der Waals surface area contributed by atoms with Gasteiger partial charge in [0.1, 0.15) is 0 Å². The molecule has 1 amide bonds. The summed E-state index contributed by atoms with van der Waals surface area (Å²) < 4.78 is 4.68. The minimum Gasteiger partial charge on any atom is -0.465 e. The number of hydrogen-bond acceptors (Lipinski definition) is 5. The zero-order chi connectivity index (χ0) is 17.3. The Morgan fingerprint density at radius 1 is 1.38 bits per heavy atom. The summed E-state index contributed by atoms with van der Waals surface area (Å²) in [6.07, 6.45) is 6.46. The van der Waals surface area contributed by atoms with Crippen LogP contribution in [0, 0.1) is 11.8 Å². The van der Waals surface area contributed by atoms with E-state index in [0.29, 0.717) is 24.6 Å². The molecule has 3 atom stereocenters. The number of aliphatic hydroxyl groups is 1. The Labute approximate surface area is 141 Å². The van der Waals surface area contributed by atoms with Crippen molar-refractivity contribution in [1.82, 2.24) is 9.88 Å². The molecule has 24 heavy (non-hydrogen) atoms. The van der Waals surface area contributed by atoms with Crippen LogP contribution < -0.4 is 0 Å². The first-order chi connectivity index (χ1) is 11.5. The fourth-order valence-corrected chi connectivity index (χ4v) is 4.20. The van der Waals surface area contributed by atoms with Crippen molar-refractivity contribution in [1.29, 1.82) is 0 Å². The van der Waals surface area contributed by atoms with E-state index in [1.165, 1.54) is 25.6 Å². The van der Waals surface area contributed by atoms with Gasteiger partial charge in [0.05, 0.1) is 23.8 Å². The second-order valence-corrected chi connectivity index (χ2v) is 6.88. The van der Waals surface area contributed by atoms with Crippen LogP contribution in [0.2, 0.25) is 0 Å². The number of hydrogen-bond donors (Lipinski definition) is 1. The van der Waals surface area contributed by atoms with Crippen LogP contribution in [0.5, 0.6) is 0 Å². The van der Waals surface area contributed by atoms with Gasteiger partial charge in [-0.15, -0.1) is 0 Å². The second kappa shape index (κ2) is 6.51. The van der Waals surface area contributed by atoms with Crippen molar-refractivity contribution in [2.75, 3.05) is 20.2 Å². The van der Waals surface area contributed by atoms with Crippen molar-refractivity contribution in [2.24, 2.45) is 11.8 Å². The highest BCUT2D eigenvalue weighted by Gasteiger charge is 2.48. The number of aromatic nitrogens is 1. The zero-order valence-corrected chi connectivity index (χ0v) is 14.2. The molecule has 0 aromatic carbocycles. The van der Waals surface area contributed by atoms with Crippen LogP contribution in [0.4, 0.5) is 0 Å². The first-order valence-corrected chi connectivity index (χ1v) is 8.53. The quantitative estimate of drug-likeness (QED) is 0.855. The normalized spacial score (nSPS) is 29.2. The third kappa shape index (κ3) is 2.90. The van der Waals surface area contributed by atoms with Crippen molar-refractivity contribution in [3.05, 3.63) is 29.6 Å². The molecule has 0 unspecified atom stereocenters. The number of carbonyl (C=O) groups excluding carboxylic acids is 2. The molecule has 6 heteroatoms. The number of esters is 1. The molecule has 1 aliphatic heterocycles. The van der Waals surface area contributed by atoms with Gasteiger partial charge in [-0.3, -0.25) is 9.78 Å². The maximum Gasteiger partial charge on any atom is 0.339 e. The molecule has 2 aliphatic rings. The summed E-state index contributed by atoms with van der Waals surface area (Å²) in [6, 6.07) is 1.52. The van der Waals surface area contributed by atoms with Crippen LogP contribution in [0.3, 0.4) is 0 Å². The smallest absolute Gasteiger partial charge is 0.339 e. The van der Waals surface area contributed by atoms with Gasteiger partial charge in [0.15, 0.2) is 0 Å². The molecule has 0 radical (unpaired) electrons. The Balaban J connectivity index is 1.78. The van der Waals surface area contributed by atoms with Gasteiger partial charge in [-0.1, -0.05) is 13.3 Å². The van der Waals surface area contributed by atoms with Crippen molar-refractivity contribution in [3.63, 3.8) is 0 Å². The molecule has 3 rings (SSSR count). The lowest BCUT2D eigenvalue weighted by Crippen LogP contribution is -2.44. The zero-order valence-electron chi connectivity index (χ0n) is 14.2. The van der Waals surface area contributed by atoms with E-state index in [0.717, 1.165) is 25.7 Å². The number of ether oxygens (including phenoxy) is 1. The van der Waals surface area contributed by atoms with Crippen molar-refractivity contribution < 1.29 is 19.4 Å². The monoisotopic (exact) mass is 332 g/mol. The molecule has 1 aromatic rings. The van der Waals surface area contributed by atoms with Gasteiger partial charge in [-0.25, -0.2) is 4.79 Å². The largest absolute Gasteiger partial charge is 0.465 e. The summed E-state index contributed by atoms with van der Waals surface area (Å²) in [7, 11) is 1.30. The van der Waals surface area contributed by atoms with Crippen LogP contribution in [0.25, 0.3) is 0 Å². The minimum atomic E-state index is -0.663. The molecular formula is C18H24N2O4. The Bertz CT molecular complexity index is 648. The van der Waals surface area contributed by atoms with Crippen LogP contribution in [0.15, 0.2) is 18.5 Å². The number of rotatable bonds is 3. The van der Waals surface area contributed by atoms with Gasteiger partial charge in [-0.05, 0) is 31.2 Å². The number of pyridine rings is 1. The average Bonchev–Trinajstić information content (AvgIpc) is 3.06. The van der Waals surface area contributed by atoms with Gasteiger partial charge < -0.3 is 14.7 Å². The van der Waals surface area contributed by atoms with E-state index in [1.807, 2.05) is 6.92 Å². The molecule has 0 bridgehead atoms. The Hall–Kier alpha value is -1.95. The van der Waals surface area contributed by atoms with E-state index in [1.54, 1.807) is 4.90 Å². The van der Waals surface area contributed by atoms with E-state index < -0.39 is 11.6 Å². The maximum absolute atomic E-state index is 12.8. The summed E-state index contributed by atoms with van der Waals surface area (Å²) in [5.74, 6) is -0.157. The summed E-state index contributed by atoms with van der Waals surface area (Å²) in [4.78, 5) is 30.2. The van der Waals surface area contributed by atoms with Gasteiger partial charge in [0, 0.05) is 31.4 Å². The standard InChI is InChI=1S/C18H24N2O4/c1-3-18(23)6-4-5-12-10-20(11-15(12)18)16(21)13-7-14(9-19-8-13)17(22)24-2/h7-9,12,15,23H,3-6,10-11H2,1-2H3/t12-,15+,18-/m0/s1. The first kappa shape index (κ1) is 16.9. The van der Waals surface area contributed by atoms with Crippen LogP contribution in [0.1, 0.15) is 53.3 Å². The number of carbonyl (C=O) groups is 2. The number of amides is 1. The van der Waals surface area contributed by atoms with Crippen LogP contribution >= 0.6 is 0 Å². The lowest BCUT2D eigenvalue weighted by Gasteiger charge is -2.40. The first-order valence-electron chi connectivity index (χ1n) is 8.53. The lowest BCUT2D eigenvalue weighted by molar-refractivity contribution is -0.0609. The van der Waals surface area contributed by atoms with E-state index in [4.69, 9.17) is 0 Å². The van der Waals surface area contributed by atoms with Gasteiger partial charge in [0.25, 0.3) is 5.91 Å². The predicted molar refractivity (Wildman–Crippen MR) is 87.6 cm³/mol. The van der Waals surface area contributed by atoms with E-state index in [9.17, 15) is 14.7 Å². The molecule has 6 nitrogen and oxygen atoms in total. The maximum atomic E-state index is 12.8. The summed E-state index contributed by atoms with van der Waals surface area (Å²) >= 11 is 0. The third-order valence-corrected chi connectivity index (χ3v) is 5.62. The van der Waals surface area contributed by atoms with E-state index in [2.05, 4.69) is 9.72 Å². The molecule has 1 saturated heterocycles. The van der Waals surface area contributed by atoms with Crippen molar-refractivity contribution >= 4 is 11.9 Å². The van der Waals surface area contributed by atoms with Crippen molar-refractivity contribution in [2.45, 2.75) is 38.2 Å². The Morgan fingerprint density at radius 2 is 2.12 bits per heavy atom. The molecule has 2 fully saturated rings. The second-order valence-electron chi connectivity index (χ2n) is 6.88. The number of fused-ring (bicyclic) bond motifs is 1. The fourth-order valence-electron chi connectivity index (χ4n) is 4.20. The van der Waals surface area contributed by atoms with Gasteiger partial charge in [0.2, 0.25) is 0 Å². The van der Waals surface area contributed by atoms with E-state index >= 15 is 0 Å². The molecule has 1 N–H and O–H groups in total. The molecule has 1 aromatic heterocycles. The SMILES string of the molecule is CC[C@]1(O)CCC[C@H]2CN(C(=O)c3cncc(C(=O)OC)c3)C[C@H]21. The van der Waals surface area contributed by atoms with Crippen molar-refractivity contribution in [3.8, 4) is 0 Å². The van der Waals surface area contributed by atoms with E-state index in [-0.39, 0.29) is 17.4 Å². The third-order valence-electron chi connectivity index (χ3n) is 5.62. The van der Waals surface area contributed by atoms with Gasteiger partial charge in [-0.2, -0.15) is 0 Å². The molecule has 0 spiro atoms. The Morgan fingerprint density at radius 3 is 2.83 bits per heavy atom. The Kier molecular flexibility index (Phi) is 4.58. The van der Waals surface area contributed by atoms with Crippen LogP contribution in [-0.4, -0.2) is 52.7 Å². The number of nitrogens with zero attached hydrogens (tertiary/aromatic N) is 2. The molecule has 130 valence electrons. The number of likely N-dealkylation sites (tertiary alicyclic amines) is 1. The molecular weight excluding hydrogens is 308 g/mol. The highest BCUT2D eigenvalue weighted by Crippen LogP contribution is 2.44. The highest BCUT2D eigenvalue weighted by atomic mass is 16.5. The fraction of sp³-hybridized carbons (Fsp3) is 0.611. The molecule has 2 heterocycles. The summed E-state index contributed by atoms with van der Waals surface area (Å²) in [6.45, 7) is 3.24. The number of methoxy groups -OCH3 is 1. The predicted octanol–water partition coefficient (Wildman–Crippen LogP) is 1.88. The highest BCUT2D eigenvalue weighted by molar-refractivity contribution is 5.97. The average molecular weight is 332 g/mol. The summed E-state index contributed by atoms with van der Waals surface area (Å²) in [5.41, 5.74) is -0.00837. The molecule has 1 saturated carbocycles. The summed E-state index contributed by atoms with van der Waals surface area (Å²) in [5, 5.41) is 10.9.